The number of thiazole rings is 2. The van der Waals surface area contributed by atoms with Crippen molar-refractivity contribution in [3.05, 3.63) is 75.5 Å². The number of rotatable bonds is 12. The summed E-state index contributed by atoms with van der Waals surface area (Å²) in [6, 6.07) is 13.1. The number of aromatic nitrogens is 4. The SMILES string of the molecule is COC(=O)c1nc(N2CCCc3c2nnc(Nc2nc4ccccc4s2)c3C)sc1CCCOc1ccc(CCN(C)C)cc1F. The average Bonchev–Trinajstić information content (AvgIpc) is 3.67. The Bertz CT molecular complexity index is 1830. The van der Waals surface area contributed by atoms with Gasteiger partial charge in [-0.2, -0.15) is 0 Å². The van der Waals surface area contributed by atoms with E-state index in [0.717, 1.165) is 68.5 Å². The number of anilines is 4. The number of hydrogen-bond acceptors (Lipinski definition) is 12. The number of benzene rings is 2. The molecule has 0 spiro atoms. The first-order valence-electron chi connectivity index (χ1n) is 15.2. The molecule has 5 aromatic rings. The van der Waals surface area contributed by atoms with Gasteiger partial charge in [-0.25, -0.2) is 19.2 Å². The molecule has 1 aliphatic heterocycles. The van der Waals surface area contributed by atoms with Crippen LogP contribution in [0.4, 0.5) is 26.3 Å². The Morgan fingerprint density at radius 1 is 1.11 bits per heavy atom. The first kappa shape index (κ1) is 31.8. The Kier molecular flexibility index (Phi) is 9.71. The number of carbonyl (C=O) groups is 1. The predicted octanol–water partition coefficient (Wildman–Crippen LogP) is 6.72. The molecule has 10 nitrogen and oxygen atoms in total. The molecule has 46 heavy (non-hydrogen) atoms. The van der Waals surface area contributed by atoms with Crippen molar-refractivity contribution in [2.24, 2.45) is 0 Å². The normalized spacial score (nSPS) is 12.9. The largest absolute Gasteiger partial charge is 0.491 e. The van der Waals surface area contributed by atoms with Gasteiger partial charge in [-0.1, -0.05) is 29.5 Å². The highest BCUT2D eigenvalue weighted by Gasteiger charge is 2.28. The third-order valence-electron chi connectivity index (χ3n) is 7.85. The zero-order valence-corrected chi connectivity index (χ0v) is 27.9. The highest BCUT2D eigenvalue weighted by molar-refractivity contribution is 7.22. The fourth-order valence-corrected chi connectivity index (χ4v) is 7.36. The Labute approximate surface area is 275 Å². The molecular formula is C33H36FN7O3S2. The van der Waals surface area contributed by atoms with Crippen LogP contribution in [0.2, 0.25) is 0 Å². The predicted molar refractivity (Wildman–Crippen MR) is 181 cm³/mol. The summed E-state index contributed by atoms with van der Waals surface area (Å²) in [5.74, 6) is 0.776. The zero-order valence-electron chi connectivity index (χ0n) is 26.3. The van der Waals surface area contributed by atoms with Gasteiger partial charge in [0.25, 0.3) is 0 Å². The van der Waals surface area contributed by atoms with Gasteiger partial charge in [0.1, 0.15) is 0 Å². The highest BCUT2D eigenvalue weighted by atomic mass is 32.1. The highest BCUT2D eigenvalue weighted by Crippen LogP contribution is 2.39. The van der Waals surface area contributed by atoms with Gasteiger partial charge >= 0.3 is 5.97 Å². The van der Waals surface area contributed by atoms with Crippen molar-refractivity contribution in [1.82, 2.24) is 25.1 Å². The smallest absolute Gasteiger partial charge is 0.357 e. The maximum absolute atomic E-state index is 14.6. The van der Waals surface area contributed by atoms with Crippen molar-refractivity contribution in [1.29, 1.82) is 0 Å². The number of carbonyl (C=O) groups excluding carboxylic acids is 1. The second-order valence-electron chi connectivity index (χ2n) is 11.4. The number of likely N-dealkylation sites (N-methyl/N-ethyl adjacent to an activating group) is 1. The molecule has 0 unspecified atom stereocenters. The number of nitrogens with zero attached hydrogens (tertiary/aromatic N) is 6. The first-order chi connectivity index (χ1) is 22.3. The summed E-state index contributed by atoms with van der Waals surface area (Å²) in [4.78, 5) is 27.0. The molecule has 2 aromatic carbocycles. The molecule has 6 rings (SSSR count). The second kappa shape index (κ2) is 14.1. The van der Waals surface area contributed by atoms with Crippen molar-refractivity contribution in [2.75, 3.05) is 51.1 Å². The van der Waals surface area contributed by atoms with E-state index in [4.69, 9.17) is 14.5 Å². The fraction of sp³-hybridized carbons (Fsp3) is 0.364. The summed E-state index contributed by atoms with van der Waals surface area (Å²) in [5, 5.41) is 13.9. The van der Waals surface area contributed by atoms with Crippen molar-refractivity contribution in [3.63, 3.8) is 0 Å². The van der Waals surface area contributed by atoms with Gasteiger partial charge in [-0.05, 0) is 83.0 Å². The van der Waals surface area contributed by atoms with E-state index in [1.165, 1.54) is 24.5 Å². The van der Waals surface area contributed by atoms with E-state index in [0.29, 0.717) is 36.9 Å². The van der Waals surface area contributed by atoms with Gasteiger partial charge in [0.2, 0.25) is 0 Å². The minimum Gasteiger partial charge on any atom is -0.491 e. The van der Waals surface area contributed by atoms with E-state index in [1.54, 1.807) is 17.4 Å². The topological polar surface area (TPSA) is 106 Å². The maximum Gasteiger partial charge on any atom is 0.357 e. The quantitative estimate of drug-likeness (QED) is 0.114. The van der Waals surface area contributed by atoms with Crippen LogP contribution in [0.1, 0.15) is 44.9 Å². The standard InChI is InChI=1S/C33H36FN7O3S2/c1-20-22-9-7-16-41(30(22)39-38-29(20)37-32-35-24-10-5-6-11-26(24)45-32)33-36-28(31(42)43-4)27(46-33)12-8-18-44-25-14-13-21(19-23(25)34)15-17-40(2)3/h5-6,10-11,13-14,19H,7-9,12,15-18H2,1-4H3,(H,35,37,38). The van der Waals surface area contributed by atoms with Crippen molar-refractivity contribution >= 4 is 60.8 Å². The molecule has 240 valence electrons. The molecule has 0 bridgehead atoms. The lowest BCUT2D eigenvalue weighted by molar-refractivity contribution is 0.0593. The van der Waals surface area contributed by atoms with Crippen LogP contribution in [0.15, 0.2) is 42.5 Å². The Morgan fingerprint density at radius 2 is 1.96 bits per heavy atom. The summed E-state index contributed by atoms with van der Waals surface area (Å²) in [6.07, 6.45) is 3.62. The van der Waals surface area contributed by atoms with E-state index in [9.17, 15) is 9.18 Å². The number of ether oxygens (including phenoxy) is 2. The maximum atomic E-state index is 14.6. The van der Waals surface area contributed by atoms with E-state index >= 15 is 0 Å². The Morgan fingerprint density at radius 3 is 2.74 bits per heavy atom. The van der Waals surface area contributed by atoms with Crippen molar-refractivity contribution in [2.45, 2.75) is 39.0 Å². The third kappa shape index (κ3) is 6.96. The number of nitrogens with one attached hydrogen (secondary N) is 1. The number of hydrogen-bond donors (Lipinski definition) is 1. The van der Waals surface area contributed by atoms with Crippen molar-refractivity contribution < 1.29 is 18.7 Å². The fourth-order valence-electron chi connectivity index (χ4n) is 5.38. The molecule has 0 radical (unpaired) electrons. The van der Waals surface area contributed by atoms with Gasteiger partial charge in [-0.3, -0.25) is 0 Å². The minimum absolute atomic E-state index is 0.225. The number of para-hydroxylation sites is 1. The van der Waals surface area contributed by atoms with Crippen molar-refractivity contribution in [3.8, 4) is 5.75 Å². The molecule has 0 aliphatic carbocycles. The number of methoxy groups -OCH3 is 1. The summed E-state index contributed by atoms with van der Waals surface area (Å²) >= 11 is 3.01. The number of esters is 1. The van der Waals surface area contributed by atoms with Gasteiger partial charge in [-0.15, -0.1) is 21.5 Å². The third-order valence-corrected chi connectivity index (χ3v) is 9.94. The van der Waals surface area contributed by atoms with Crippen LogP contribution in [0.5, 0.6) is 5.75 Å². The molecule has 1 N–H and O–H groups in total. The monoisotopic (exact) mass is 661 g/mol. The van der Waals surface area contributed by atoms with Gasteiger partial charge in [0.15, 0.2) is 39.2 Å². The lowest BCUT2D eigenvalue weighted by Crippen LogP contribution is -2.27. The molecule has 13 heteroatoms. The summed E-state index contributed by atoms with van der Waals surface area (Å²) in [5.41, 5.74) is 4.25. The van der Waals surface area contributed by atoms with Gasteiger partial charge in [0.05, 0.1) is 23.9 Å². The Balaban J connectivity index is 1.15. The number of halogens is 1. The molecule has 1 aliphatic rings. The van der Waals surface area contributed by atoms with Crippen LogP contribution < -0.4 is 15.0 Å². The van der Waals surface area contributed by atoms with Crippen LogP contribution >= 0.6 is 22.7 Å². The van der Waals surface area contributed by atoms with Crippen LogP contribution in [0.25, 0.3) is 10.2 Å². The van der Waals surface area contributed by atoms with E-state index in [1.807, 2.05) is 56.3 Å². The van der Waals surface area contributed by atoms with Crippen LogP contribution in [-0.4, -0.2) is 71.9 Å². The van der Waals surface area contributed by atoms with E-state index in [2.05, 4.69) is 25.4 Å². The average molecular weight is 662 g/mol. The molecule has 0 fully saturated rings. The second-order valence-corrected chi connectivity index (χ2v) is 13.5. The zero-order chi connectivity index (χ0) is 32.2. The van der Waals surface area contributed by atoms with Crippen LogP contribution in [0.3, 0.4) is 0 Å². The lowest BCUT2D eigenvalue weighted by Gasteiger charge is -2.28. The molecule has 0 amide bonds. The molecule has 0 saturated carbocycles. The number of aryl methyl sites for hydroxylation is 1. The van der Waals surface area contributed by atoms with Crippen LogP contribution in [0, 0.1) is 12.7 Å². The molecule has 3 aromatic heterocycles. The molecule has 0 saturated heterocycles. The summed E-state index contributed by atoms with van der Waals surface area (Å²) in [6.45, 7) is 3.88. The lowest BCUT2D eigenvalue weighted by atomic mass is 10.0. The Hall–Kier alpha value is -4.20. The first-order valence-corrected chi connectivity index (χ1v) is 16.8. The summed E-state index contributed by atoms with van der Waals surface area (Å²) in [7, 11) is 5.34. The number of fused-ring (bicyclic) bond motifs is 2. The van der Waals surface area contributed by atoms with E-state index in [-0.39, 0.29) is 17.3 Å². The van der Waals surface area contributed by atoms with E-state index < -0.39 is 5.97 Å². The molecular weight excluding hydrogens is 626 g/mol. The van der Waals surface area contributed by atoms with Gasteiger partial charge < -0.3 is 24.6 Å². The van der Waals surface area contributed by atoms with Crippen LogP contribution in [-0.2, 0) is 24.0 Å². The van der Waals surface area contributed by atoms with Gasteiger partial charge in [0, 0.05) is 29.1 Å². The molecule has 0 atom stereocenters. The minimum atomic E-state index is -0.493. The molecule has 4 heterocycles. The summed E-state index contributed by atoms with van der Waals surface area (Å²) < 4.78 is 26.6.